The van der Waals surface area contributed by atoms with E-state index in [9.17, 15) is 4.79 Å². The van der Waals surface area contributed by atoms with Crippen molar-refractivity contribution < 1.29 is 9.53 Å². The molecule has 0 unspecified atom stereocenters. The van der Waals surface area contributed by atoms with E-state index in [1.807, 2.05) is 25.2 Å². The Labute approximate surface area is 88.6 Å². The Hall–Kier alpha value is -1.55. The molecule has 0 atom stereocenters. The first-order chi connectivity index (χ1) is 7.31. The van der Waals surface area contributed by atoms with Gasteiger partial charge in [0.2, 0.25) is 0 Å². The van der Waals surface area contributed by atoms with Gasteiger partial charge in [0, 0.05) is 6.54 Å². The van der Waals surface area contributed by atoms with Crippen LogP contribution in [0.5, 0.6) is 5.75 Å². The summed E-state index contributed by atoms with van der Waals surface area (Å²) in [5.41, 5.74) is 1.71. The van der Waals surface area contributed by atoms with Crippen LogP contribution in [0.1, 0.15) is 15.9 Å². The molecular weight excluding hydrogens is 192 g/mol. The number of carbonyl (C=O) groups excluding carboxylic acids is 1. The van der Waals surface area contributed by atoms with E-state index < -0.39 is 0 Å². The summed E-state index contributed by atoms with van der Waals surface area (Å²) in [5.74, 6) is 0.616. The zero-order valence-corrected chi connectivity index (χ0v) is 8.67. The Morgan fingerprint density at radius 3 is 3.20 bits per heavy atom. The van der Waals surface area contributed by atoms with E-state index in [1.165, 1.54) is 0 Å². The van der Waals surface area contributed by atoms with E-state index in [2.05, 4.69) is 10.6 Å². The highest BCUT2D eigenvalue weighted by Gasteiger charge is 2.16. The molecule has 1 aromatic rings. The Morgan fingerprint density at radius 1 is 1.53 bits per heavy atom. The highest BCUT2D eigenvalue weighted by atomic mass is 16.5. The first-order valence-corrected chi connectivity index (χ1v) is 5.00. The van der Waals surface area contributed by atoms with Gasteiger partial charge in [0.1, 0.15) is 12.4 Å². The molecule has 4 heteroatoms. The largest absolute Gasteiger partial charge is 0.491 e. The van der Waals surface area contributed by atoms with Crippen molar-refractivity contribution >= 4 is 5.91 Å². The quantitative estimate of drug-likeness (QED) is 0.742. The molecule has 2 rings (SSSR count). The monoisotopic (exact) mass is 206 g/mol. The van der Waals surface area contributed by atoms with Crippen molar-refractivity contribution in [3.05, 3.63) is 29.3 Å². The number of ether oxygens (including phenoxy) is 1. The third-order valence-corrected chi connectivity index (χ3v) is 2.31. The molecule has 2 N–H and O–H groups in total. The lowest BCUT2D eigenvalue weighted by atomic mass is 10.1. The maximum atomic E-state index is 11.7. The molecule has 1 aliphatic heterocycles. The van der Waals surface area contributed by atoms with Gasteiger partial charge in [-0.25, -0.2) is 0 Å². The average molecular weight is 206 g/mol. The Morgan fingerprint density at radius 2 is 2.40 bits per heavy atom. The van der Waals surface area contributed by atoms with E-state index in [1.54, 1.807) is 0 Å². The first-order valence-electron chi connectivity index (χ1n) is 5.00. The maximum absolute atomic E-state index is 11.7. The van der Waals surface area contributed by atoms with Gasteiger partial charge in [-0.2, -0.15) is 0 Å². The van der Waals surface area contributed by atoms with Gasteiger partial charge in [-0.3, -0.25) is 4.79 Å². The second kappa shape index (κ2) is 4.31. The third-order valence-electron chi connectivity index (χ3n) is 2.31. The summed E-state index contributed by atoms with van der Waals surface area (Å²) in [7, 11) is 1.88. The van der Waals surface area contributed by atoms with Crippen molar-refractivity contribution in [2.75, 3.05) is 20.2 Å². The van der Waals surface area contributed by atoms with Crippen molar-refractivity contribution in [3.63, 3.8) is 0 Å². The van der Waals surface area contributed by atoms with Crippen LogP contribution in [0.3, 0.4) is 0 Å². The van der Waals surface area contributed by atoms with Gasteiger partial charge in [0.25, 0.3) is 5.91 Å². The lowest BCUT2D eigenvalue weighted by Gasteiger charge is -2.07. The van der Waals surface area contributed by atoms with Gasteiger partial charge in [-0.05, 0) is 24.7 Å². The number of carbonyl (C=O) groups is 1. The van der Waals surface area contributed by atoms with Crippen LogP contribution in [0.25, 0.3) is 0 Å². The Kier molecular flexibility index (Phi) is 2.87. The fraction of sp³-hybridized carbons (Fsp3) is 0.364. The molecule has 1 aromatic carbocycles. The number of rotatable bonds is 2. The molecule has 0 bridgehead atoms. The number of amides is 1. The van der Waals surface area contributed by atoms with Crippen molar-refractivity contribution in [1.82, 2.24) is 10.6 Å². The molecule has 1 aliphatic rings. The van der Waals surface area contributed by atoms with Crippen molar-refractivity contribution in [3.8, 4) is 5.75 Å². The Bertz CT molecular complexity index is 377. The zero-order chi connectivity index (χ0) is 10.7. The number of hydrogen-bond donors (Lipinski definition) is 2. The molecule has 0 radical (unpaired) electrons. The van der Waals surface area contributed by atoms with E-state index in [0.29, 0.717) is 24.5 Å². The summed E-state index contributed by atoms with van der Waals surface area (Å²) in [5, 5.41) is 5.83. The molecule has 0 saturated carbocycles. The van der Waals surface area contributed by atoms with Crippen LogP contribution in [0.4, 0.5) is 0 Å². The van der Waals surface area contributed by atoms with E-state index in [-0.39, 0.29) is 5.91 Å². The smallest absolute Gasteiger partial charge is 0.255 e. The molecule has 0 aromatic heterocycles. The van der Waals surface area contributed by atoms with Crippen LogP contribution in [0, 0.1) is 0 Å². The second-order valence-corrected chi connectivity index (χ2v) is 3.47. The molecule has 15 heavy (non-hydrogen) atoms. The van der Waals surface area contributed by atoms with E-state index >= 15 is 0 Å². The van der Waals surface area contributed by atoms with Crippen LogP contribution in [-0.2, 0) is 6.54 Å². The molecule has 1 heterocycles. The second-order valence-electron chi connectivity index (χ2n) is 3.47. The molecule has 4 nitrogen and oxygen atoms in total. The summed E-state index contributed by atoms with van der Waals surface area (Å²) < 4.78 is 5.45. The summed E-state index contributed by atoms with van der Waals surface area (Å²) in [6.07, 6.45) is 0. The molecular formula is C11H14N2O2. The van der Waals surface area contributed by atoms with Gasteiger partial charge in [-0.15, -0.1) is 0 Å². The third kappa shape index (κ3) is 2.10. The number of fused-ring (bicyclic) bond motifs is 1. The van der Waals surface area contributed by atoms with Crippen molar-refractivity contribution in [1.29, 1.82) is 0 Å². The van der Waals surface area contributed by atoms with Gasteiger partial charge in [0.05, 0.1) is 12.1 Å². The van der Waals surface area contributed by atoms with Gasteiger partial charge < -0.3 is 15.4 Å². The fourth-order valence-corrected chi connectivity index (χ4v) is 1.62. The normalized spacial score (nSPS) is 14.9. The lowest BCUT2D eigenvalue weighted by Crippen LogP contribution is -2.24. The van der Waals surface area contributed by atoms with Crippen LogP contribution < -0.4 is 15.4 Å². The molecule has 1 amide bonds. The number of hydrogen-bond acceptors (Lipinski definition) is 3. The summed E-state index contributed by atoms with van der Waals surface area (Å²) in [6.45, 7) is 1.85. The SMILES string of the molecule is CNCc1ccc2c(c1)C(=O)NCCO2. The molecule has 0 saturated heterocycles. The standard InChI is InChI=1S/C11H14N2O2/c1-12-7-8-2-3-10-9(6-8)11(14)13-4-5-15-10/h2-3,6,12H,4-5,7H2,1H3,(H,13,14). The molecule has 0 aliphatic carbocycles. The minimum Gasteiger partial charge on any atom is -0.491 e. The van der Waals surface area contributed by atoms with Crippen LogP contribution in [-0.4, -0.2) is 26.1 Å². The van der Waals surface area contributed by atoms with Gasteiger partial charge in [-0.1, -0.05) is 6.07 Å². The predicted molar refractivity (Wildman–Crippen MR) is 57.0 cm³/mol. The van der Waals surface area contributed by atoms with Crippen LogP contribution >= 0.6 is 0 Å². The van der Waals surface area contributed by atoms with Gasteiger partial charge in [0.15, 0.2) is 0 Å². The van der Waals surface area contributed by atoms with Crippen molar-refractivity contribution in [2.24, 2.45) is 0 Å². The van der Waals surface area contributed by atoms with E-state index in [4.69, 9.17) is 4.74 Å². The Balaban J connectivity index is 2.35. The van der Waals surface area contributed by atoms with Gasteiger partial charge >= 0.3 is 0 Å². The average Bonchev–Trinajstić information content (AvgIpc) is 2.42. The molecule has 0 spiro atoms. The van der Waals surface area contributed by atoms with E-state index in [0.717, 1.165) is 12.1 Å². The van der Waals surface area contributed by atoms with Crippen molar-refractivity contribution in [2.45, 2.75) is 6.54 Å². The highest BCUT2D eigenvalue weighted by molar-refractivity contribution is 5.97. The predicted octanol–water partition coefficient (Wildman–Crippen LogP) is 0.528. The number of nitrogens with one attached hydrogen (secondary N) is 2. The minimum absolute atomic E-state index is 0.0551. The highest BCUT2D eigenvalue weighted by Crippen LogP contribution is 2.21. The zero-order valence-electron chi connectivity index (χ0n) is 8.67. The number of benzene rings is 1. The lowest BCUT2D eigenvalue weighted by molar-refractivity contribution is 0.0957. The molecule has 80 valence electrons. The fourth-order valence-electron chi connectivity index (χ4n) is 1.62. The van der Waals surface area contributed by atoms with Crippen LogP contribution in [0.2, 0.25) is 0 Å². The topological polar surface area (TPSA) is 50.4 Å². The minimum atomic E-state index is -0.0551. The molecule has 0 fully saturated rings. The summed E-state index contributed by atoms with van der Waals surface area (Å²) in [4.78, 5) is 11.7. The first kappa shape index (κ1) is 9.98. The maximum Gasteiger partial charge on any atom is 0.255 e. The summed E-state index contributed by atoms with van der Waals surface area (Å²) >= 11 is 0. The van der Waals surface area contributed by atoms with Crippen LogP contribution in [0.15, 0.2) is 18.2 Å². The summed E-state index contributed by atoms with van der Waals surface area (Å²) in [6, 6.07) is 5.69.